The Morgan fingerprint density at radius 1 is 1.17 bits per heavy atom. The Balaban J connectivity index is 2.08. The second kappa shape index (κ2) is 4.90. The first-order valence-electron chi connectivity index (χ1n) is 5.57. The van der Waals surface area contributed by atoms with E-state index in [4.69, 9.17) is 11.6 Å². The van der Waals surface area contributed by atoms with Crippen LogP contribution in [0.1, 0.15) is 5.56 Å². The summed E-state index contributed by atoms with van der Waals surface area (Å²) in [6.07, 6.45) is 5.80. The summed E-state index contributed by atoms with van der Waals surface area (Å²) < 4.78 is 3.46. The summed E-state index contributed by atoms with van der Waals surface area (Å²) in [6.45, 7) is 0.851. The molecule has 2 nitrogen and oxygen atoms in total. The van der Waals surface area contributed by atoms with E-state index in [1.165, 1.54) is 20.0 Å². The van der Waals surface area contributed by atoms with Gasteiger partial charge in [-0.05, 0) is 58.5 Å². The van der Waals surface area contributed by atoms with Crippen molar-refractivity contribution in [3.8, 4) is 0 Å². The Hall–Kier alpha value is -1.07. The van der Waals surface area contributed by atoms with Gasteiger partial charge in [0.2, 0.25) is 0 Å². The van der Waals surface area contributed by atoms with Crippen molar-refractivity contribution < 1.29 is 0 Å². The van der Waals surface area contributed by atoms with Crippen molar-refractivity contribution in [1.82, 2.24) is 9.55 Å². The second-order valence-electron chi connectivity index (χ2n) is 4.12. The van der Waals surface area contributed by atoms with Crippen LogP contribution in [0.25, 0.3) is 10.9 Å². The molecule has 2 aromatic heterocycles. The molecule has 0 aliphatic heterocycles. The predicted octanol–water partition coefficient (Wildman–Crippen LogP) is 4.34. The van der Waals surface area contributed by atoms with Crippen LogP contribution in [0.3, 0.4) is 0 Å². The van der Waals surface area contributed by atoms with Crippen molar-refractivity contribution in [3.63, 3.8) is 0 Å². The van der Waals surface area contributed by atoms with Gasteiger partial charge < -0.3 is 4.57 Å². The van der Waals surface area contributed by atoms with Gasteiger partial charge in [0.25, 0.3) is 0 Å². The molecule has 0 N–H and O–H groups in total. The normalized spacial score (nSPS) is 11.0. The van der Waals surface area contributed by atoms with Crippen molar-refractivity contribution in [3.05, 3.63) is 63.1 Å². The molecule has 0 aliphatic rings. The lowest BCUT2D eigenvalue weighted by Gasteiger charge is -2.05. The number of halogens is 2. The van der Waals surface area contributed by atoms with Gasteiger partial charge in [-0.2, -0.15) is 0 Å². The Morgan fingerprint density at radius 3 is 2.72 bits per heavy atom. The monoisotopic (exact) mass is 368 g/mol. The van der Waals surface area contributed by atoms with Crippen molar-refractivity contribution in [2.75, 3.05) is 0 Å². The van der Waals surface area contributed by atoms with Crippen LogP contribution in [0.15, 0.2) is 48.9 Å². The van der Waals surface area contributed by atoms with E-state index in [1.807, 2.05) is 36.7 Å². The van der Waals surface area contributed by atoms with Gasteiger partial charge >= 0.3 is 0 Å². The highest BCUT2D eigenvalue weighted by atomic mass is 127. The summed E-state index contributed by atoms with van der Waals surface area (Å²) in [7, 11) is 0. The average Bonchev–Trinajstić information content (AvgIpc) is 2.67. The van der Waals surface area contributed by atoms with Crippen LogP contribution in [0.2, 0.25) is 5.02 Å². The molecule has 0 radical (unpaired) electrons. The molecule has 1 aromatic carbocycles. The molecule has 0 aliphatic carbocycles. The van der Waals surface area contributed by atoms with E-state index in [0.29, 0.717) is 0 Å². The molecular formula is C14H10ClIN2. The van der Waals surface area contributed by atoms with Crippen LogP contribution in [0, 0.1) is 3.57 Å². The fraction of sp³-hybridized carbons (Fsp3) is 0.0714. The summed E-state index contributed by atoms with van der Waals surface area (Å²) in [5.74, 6) is 0. The topological polar surface area (TPSA) is 17.8 Å². The van der Waals surface area contributed by atoms with E-state index in [1.54, 1.807) is 0 Å². The first-order chi connectivity index (χ1) is 8.74. The first-order valence-corrected chi connectivity index (χ1v) is 7.02. The summed E-state index contributed by atoms with van der Waals surface area (Å²) >= 11 is 8.39. The van der Waals surface area contributed by atoms with Crippen LogP contribution >= 0.6 is 34.2 Å². The number of hydrogen-bond acceptors (Lipinski definition) is 1. The first kappa shape index (κ1) is 12.0. The van der Waals surface area contributed by atoms with Gasteiger partial charge in [-0.15, -0.1) is 0 Å². The summed E-state index contributed by atoms with van der Waals surface area (Å²) in [5, 5.41) is 1.99. The fourth-order valence-corrected chi connectivity index (χ4v) is 2.98. The third-order valence-corrected chi connectivity index (χ3v) is 3.99. The lowest BCUT2D eigenvalue weighted by atomic mass is 10.2. The average molecular weight is 369 g/mol. The van der Waals surface area contributed by atoms with Gasteiger partial charge in [0.05, 0.1) is 0 Å². The molecule has 0 spiro atoms. The molecule has 0 saturated heterocycles. The van der Waals surface area contributed by atoms with Crippen molar-refractivity contribution >= 4 is 45.1 Å². The van der Waals surface area contributed by atoms with Crippen LogP contribution in [-0.4, -0.2) is 9.55 Å². The number of rotatable bonds is 2. The van der Waals surface area contributed by atoms with Crippen LogP contribution in [-0.2, 0) is 6.54 Å². The van der Waals surface area contributed by atoms with Gasteiger partial charge in [0.1, 0.15) is 0 Å². The van der Waals surface area contributed by atoms with E-state index >= 15 is 0 Å². The third kappa shape index (κ3) is 2.24. The highest BCUT2D eigenvalue weighted by Crippen LogP contribution is 2.26. The van der Waals surface area contributed by atoms with E-state index in [-0.39, 0.29) is 0 Å². The Bertz CT molecular complexity index is 692. The van der Waals surface area contributed by atoms with Crippen molar-refractivity contribution in [1.29, 1.82) is 0 Å². The molecule has 0 amide bonds. The zero-order valence-electron chi connectivity index (χ0n) is 9.48. The van der Waals surface area contributed by atoms with Gasteiger partial charge in [-0.25, -0.2) is 0 Å². The summed E-state index contributed by atoms with van der Waals surface area (Å²) in [6, 6.07) is 10.1. The van der Waals surface area contributed by atoms with Crippen molar-refractivity contribution in [2.24, 2.45) is 0 Å². The summed E-state index contributed by atoms with van der Waals surface area (Å²) in [4.78, 5) is 4.04. The number of pyridine rings is 1. The Kier molecular flexibility index (Phi) is 3.26. The molecule has 90 valence electrons. The zero-order valence-corrected chi connectivity index (χ0v) is 12.4. The van der Waals surface area contributed by atoms with Crippen molar-refractivity contribution in [2.45, 2.75) is 6.54 Å². The number of fused-ring (bicyclic) bond motifs is 1. The molecule has 2 heterocycles. The predicted molar refractivity (Wildman–Crippen MR) is 83.0 cm³/mol. The van der Waals surface area contributed by atoms with E-state index in [0.717, 1.165) is 11.6 Å². The number of aromatic nitrogens is 2. The minimum absolute atomic E-state index is 0.780. The molecule has 3 aromatic rings. The number of nitrogens with zero attached hydrogens (tertiary/aromatic N) is 2. The zero-order chi connectivity index (χ0) is 12.5. The van der Waals surface area contributed by atoms with E-state index in [9.17, 15) is 0 Å². The van der Waals surface area contributed by atoms with Gasteiger partial charge in [0.15, 0.2) is 0 Å². The van der Waals surface area contributed by atoms with E-state index in [2.05, 4.69) is 44.4 Å². The SMILES string of the molecule is Clc1ccc2c(c1)c(I)cn2Cc1ccncc1. The molecule has 0 fully saturated rings. The maximum absolute atomic E-state index is 6.04. The standard InChI is InChI=1S/C14H10ClIN2/c15-11-1-2-14-12(7-11)13(16)9-18(14)8-10-3-5-17-6-4-10/h1-7,9H,8H2. The van der Waals surface area contributed by atoms with Gasteiger partial charge in [-0.1, -0.05) is 11.6 Å². The molecule has 0 atom stereocenters. The third-order valence-electron chi connectivity index (χ3n) is 2.90. The second-order valence-corrected chi connectivity index (χ2v) is 5.72. The molecule has 18 heavy (non-hydrogen) atoms. The summed E-state index contributed by atoms with van der Waals surface area (Å²) in [5.41, 5.74) is 2.45. The largest absolute Gasteiger partial charge is 0.342 e. The molecule has 0 unspecified atom stereocenters. The van der Waals surface area contributed by atoms with Gasteiger partial charge in [-0.3, -0.25) is 4.98 Å². The molecule has 4 heteroatoms. The molecular weight excluding hydrogens is 359 g/mol. The molecule has 0 saturated carbocycles. The number of hydrogen-bond donors (Lipinski definition) is 0. The Labute approximate surface area is 124 Å². The quantitative estimate of drug-likeness (QED) is 0.615. The van der Waals surface area contributed by atoms with Crippen LogP contribution < -0.4 is 0 Å². The smallest absolute Gasteiger partial charge is 0.0495 e. The minimum atomic E-state index is 0.780. The highest BCUT2D eigenvalue weighted by Gasteiger charge is 2.07. The maximum Gasteiger partial charge on any atom is 0.0495 e. The molecule has 3 rings (SSSR count). The van der Waals surface area contributed by atoms with Gasteiger partial charge in [0, 0.05) is 44.6 Å². The fourth-order valence-electron chi connectivity index (χ4n) is 2.04. The highest BCUT2D eigenvalue weighted by molar-refractivity contribution is 14.1. The number of benzene rings is 1. The van der Waals surface area contributed by atoms with Crippen LogP contribution in [0.5, 0.6) is 0 Å². The van der Waals surface area contributed by atoms with E-state index < -0.39 is 0 Å². The van der Waals surface area contributed by atoms with Crippen LogP contribution in [0.4, 0.5) is 0 Å². The Morgan fingerprint density at radius 2 is 1.94 bits per heavy atom. The maximum atomic E-state index is 6.04. The lowest BCUT2D eigenvalue weighted by molar-refractivity contribution is 0.833. The molecule has 0 bridgehead atoms. The lowest BCUT2D eigenvalue weighted by Crippen LogP contribution is -1.97. The minimum Gasteiger partial charge on any atom is -0.342 e.